The van der Waals surface area contributed by atoms with Crippen molar-refractivity contribution in [3.8, 4) is 5.75 Å². The SMILES string of the molecule is CCOc1ccc(C(=O)Nc2ccc(Sc3ncccn3)cc2C)cc1C. The summed E-state index contributed by atoms with van der Waals surface area (Å²) in [7, 11) is 0. The Balaban J connectivity index is 1.71. The standard InChI is InChI=1S/C21H21N3O2S/c1-4-26-19-9-6-16(12-15(19)3)20(25)24-18-8-7-17(13-14(18)2)27-21-22-10-5-11-23-21/h5-13H,4H2,1-3H3,(H,24,25). The van der Waals surface area contributed by atoms with Gasteiger partial charge in [-0.05, 0) is 86.1 Å². The van der Waals surface area contributed by atoms with Crippen molar-refractivity contribution in [1.29, 1.82) is 0 Å². The van der Waals surface area contributed by atoms with E-state index in [0.29, 0.717) is 17.3 Å². The Labute approximate surface area is 163 Å². The van der Waals surface area contributed by atoms with Gasteiger partial charge in [0.05, 0.1) is 6.61 Å². The fourth-order valence-corrected chi connectivity index (χ4v) is 3.40. The second-order valence-corrected chi connectivity index (χ2v) is 7.02. The molecule has 138 valence electrons. The number of hydrogen-bond acceptors (Lipinski definition) is 5. The van der Waals surface area contributed by atoms with Gasteiger partial charge in [-0.15, -0.1) is 0 Å². The van der Waals surface area contributed by atoms with Gasteiger partial charge < -0.3 is 10.1 Å². The molecule has 1 N–H and O–H groups in total. The zero-order valence-electron chi connectivity index (χ0n) is 15.5. The molecule has 3 aromatic rings. The minimum absolute atomic E-state index is 0.143. The van der Waals surface area contributed by atoms with Crippen LogP contribution < -0.4 is 10.1 Å². The highest BCUT2D eigenvalue weighted by atomic mass is 32.2. The van der Waals surface area contributed by atoms with E-state index in [9.17, 15) is 4.79 Å². The van der Waals surface area contributed by atoms with Crippen molar-refractivity contribution in [3.63, 3.8) is 0 Å². The number of benzene rings is 2. The molecule has 0 aliphatic rings. The van der Waals surface area contributed by atoms with E-state index in [1.807, 2.05) is 51.1 Å². The number of nitrogens with one attached hydrogen (secondary N) is 1. The highest BCUT2D eigenvalue weighted by Gasteiger charge is 2.11. The Morgan fingerprint density at radius 2 is 1.85 bits per heavy atom. The van der Waals surface area contributed by atoms with Crippen LogP contribution in [-0.2, 0) is 0 Å². The number of ether oxygens (including phenoxy) is 1. The Morgan fingerprint density at radius 3 is 2.52 bits per heavy atom. The molecule has 0 radical (unpaired) electrons. The van der Waals surface area contributed by atoms with Gasteiger partial charge in [-0.25, -0.2) is 9.97 Å². The number of aryl methyl sites for hydroxylation is 2. The van der Waals surface area contributed by atoms with Gasteiger partial charge in [0.15, 0.2) is 5.16 Å². The van der Waals surface area contributed by atoms with Crippen LogP contribution >= 0.6 is 11.8 Å². The van der Waals surface area contributed by atoms with E-state index >= 15 is 0 Å². The number of nitrogens with zero attached hydrogens (tertiary/aromatic N) is 2. The van der Waals surface area contributed by atoms with E-state index in [-0.39, 0.29) is 5.91 Å². The topological polar surface area (TPSA) is 64.1 Å². The smallest absolute Gasteiger partial charge is 0.255 e. The molecule has 0 saturated heterocycles. The van der Waals surface area contributed by atoms with E-state index < -0.39 is 0 Å². The largest absolute Gasteiger partial charge is 0.494 e. The van der Waals surface area contributed by atoms with Crippen LogP contribution in [0.3, 0.4) is 0 Å². The van der Waals surface area contributed by atoms with Gasteiger partial charge in [0.2, 0.25) is 0 Å². The molecule has 1 aromatic heterocycles. The Kier molecular flexibility index (Phi) is 6.08. The third-order valence-electron chi connectivity index (χ3n) is 3.93. The number of carbonyl (C=O) groups is 1. The molecule has 0 saturated carbocycles. The minimum Gasteiger partial charge on any atom is -0.494 e. The molecule has 0 aliphatic heterocycles. The van der Waals surface area contributed by atoms with E-state index in [4.69, 9.17) is 4.74 Å². The average molecular weight is 379 g/mol. The molecule has 0 fully saturated rings. The zero-order chi connectivity index (χ0) is 19.2. The minimum atomic E-state index is -0.143. The normalized spacial score (nSPS) is 10.5. The van der Waals surface area contributed by atoms with Crippen LogP contribution in [0.2, 0.25) is 0 Å². The highest BCUT2D eigenvalue weighted by molar-refractivity contribution is 7.99. The molecule has 5 nitrogen and oxygen atoms in total. The molecule has 0 atom stereocenters. The molecule has 0 unspecified atom stereocenters. The molecule has 2 aromatic carbocycles. The zero-order valence-corrected chi connectivity index (χ0v) is 16.3. The predicted octanol–water partition coefficient (Wildman–Crippen LogP) is 4.90. The number of hydrogen-bond donors (Lipinski definition) is 1. The lowest BCUT2D eigenvalue weighted by Gasteiger charge is -2.12. The maximum atomic E-state index is 12.6. The van der Waals surface area contributed by atoms with Crippen molar-refractivity contribution in [3.05, 3.63) is 71.5 Å². The summed E-state index contributed by atoms with van der Waals surface area (Å²) in [6.45, 7) is 6.44. The molecule has 1 heterocycles. The first kappa shape index (κ1) is 18.9. The van der Waals surface area contributed by atoms with E-state index in [2.05, 4.69) is 15.3 Å². The van der Waals surface area contributed by atoms with E-state index in [0.717, 1.165) is 27.5 Å². The molecule has 3 rings (SSSR count). The van der Waals surface area contributed by atoms with Crippen molar-refractivity contribution in [1.82, 2.24) is 9.97 Å². The number of carbonyl (C=O) groups excluding carboxylic acids is 1. The van der Waals surface area contributed by atoms with Gasteiger partial charge in [0, 0.05) is 28.5 Å². The summed E-state index contributed by atoms with van der Waals surface area (Å²) in [6, 6.07) is 13.1. The number of anilines is 1. The van der Waals surface area contributed by atoms with Crippen molar-refractivity contribution >= 4 is 23.4 Å². The summed E-state index contributed by atoms with van der Waals surface area (Å²) < 4.78 is 5.53. The van der Waals surface area contributed by atoms with Gasteiger partial charge in [-0.3, -0.25) is 4.79 Å². The lowest BCUT2D eigenvalue weighted by molar-refractivity contribution is 0.102. The quantitative estimate of drug-likeness (QED) is 0.618. The van der Waals surface area contributed by atoms with Crippen molar-refractivity contribution in [2.75, 3.05) is 11.9 Å². The van der Waals surface area contributed by atoms with Crippen molar-refractivity contribution in [2.24, 2.45) is 0 Å². The van der Waals surface area contributed by atoms with Gasteiger partial charge in [0.1, 0.15) is 5.75 Å². The summed E-state index contributed by atoms with van der Waals surface area (Å²) in [5.74, 6) is 0.658. The maximum absolute atomic E-state index is 12.6. The fraction of sp³-hybridized carbons (Fsp3) is 0.190. The van der Waals surface area contributed by atoms with Crippen LogP contribution in [0.5, 0.6) is 5.75 Å². The van der Waals surface area contributed by atoms with Crippen LogP contribution in [0.25, 0.3) is 0 Å². The molecule has 0 aliphatic carbocycles. The van der Waals surface area contributed by atoms with Crippen LogP contribution in [0.1, 0.15) is 28.4 Å². The Bertz CT molecular complexity index is 945. The fourth-order valence-electron chi connectivity index (χ4n) is 2.59. The Morgan fingerprint density at radius 1 is 1.07 bits per heavy atom. The van der Waals surface area contributed by atoms with Gasteiger partial charge in [-0.2, -0.15) is 0 Å². The second kappa shape index (κ2) is 8.68. The van der Waals surface area contributed by atoms with E-state index in [1.165, 1.54) is 11.8 Å². The first-order chi connectivity index (χ1) is 13.1. The lowest BCUT2D eigenvalue weighted by atomic mass is 10.1. The molecule has 0 spiro atoms. The second-order valence-electron chi connectivity index (χ2n) is 5.98. The third-order valence-corrected chi connectivity index (χ3v) is 4.82. The van der Waals surface area contributed by atoms with Gasteiger partial charge in [-0.1, -0.05) is 0 Å². The highest BCUT2D eigenvalue weighted by Crippen LogP contribution is 2.28. The third kappa shape index (κ3) is 4.86. The Hall–Kier alpha value is -2.86. The monoisotopic (exact) mass is 379 g/mol. The number of rotatable bonds is 6. The van der Waals surface area contributed by atoms with Crippen LogP contribution in [0.4, 0.5) is 5.69 Å². The lowest BCUT2D eigenvalue weighted by Crippen LogP contribution is -2.13. The van der Waals surface area contributed by atoms with Gasteiger partial charge in [0.25, 0.3) is 5.91 Å². The summed E-state index contributed by atoms with van der Waals surface area (Å²) in [5.41, 5.74) is 3.30. The summed E-state index contributed by atoms with van der Waals surface area (Å²) in [4.78, 5) is 22.0. The molecule has 0 bridgehead atoms. The van der Waals surface area contributed by atoms with Crippen LogP contribution in [-0.4, -0.2) is 22.5 Å². The summed E-state index contributed by atoms with van der Waals surface area (Å²) >= 11 is 1.49. The molecular weight excluding hydrogens is 358 g/mol. The van der Waals surface area contributed by atoms with Crippen LogP contribution in [0, 0.1) is 13.8 Å². The molecule has 27 heavy (non-hydrogen) atoms. The summed E-state index contributed by atoms with van der Waals surface area (Å²) in [6.07, 6.45) is 3.44. The van der Waals surface area contributed by atoms with E-state index in [1.54, 1.807) is 24.5 Å². The molecule has 6 heteroatoms. The average Bonchev–Trinajstić information content (AvgIpc) is 2.66. The first-order valence-electron chi connectivity index (χ1n) is 8.67. The number of amides is 1. The van der Waals surface area contributed by atoms with Crippen molar-refractivity contribution < 1.29 is 9.53 Å². The van der Waals surface area contributed by atoms with Crippen molar-refractivity contribution in [2.45, 2.75) is 30.8 Å². The number of aromatic nitrogens is 2. The van der Waals surface area contributed by atoms with Crippen LogP contribution in [0.15, 0.2) is 64.9 Å². The predicted molar refractivity (Wildman–Crippen MR) is 108 cm³/mol. The molecular formula is C21H21N3O2S. The molecule has 1 amide bonds. The summed E-state index contributed by atoms with van der Waals surface area (Å²) in [5, 5.41) is 3.67. The first-order valence-corrected chi connectivity index (χ1v) is 9.49. The van der Waals surface area contributed by atoms with Gasteiger partial charge >= 0.3 is 0 Å². The maximum Gasteiger partial charge on any atom is 0.255 e.